The van der Waals surface area contributed by atoms with Crippen molar-refractivity contribution in [2.75, 3.05) is 28.4 Å². The van der Waals surface area contributed by atoms with E-state index in [1.54, 1.807) is 45.6 Å². The van der Waals surface area contributed by atoms with Gasteiger partial charge in [-0.1, -0.05) is 12.2 Å². The Bertz CT molecular complexity index is 775. The largest absolute Gasteiger partial charge is 0.493 e. The second kappa shape index (κ2) is 8.05. The number of rotatable bonds is 7. The fraction of sp³-hybridized carbons (Fsp3) is 0.222. The zero-order chi connectivity index (χ0) is 18.4. The fourth-order valence-corrected chi connectivity index (χ4v) is 2.34. The van der Waals surface area contributed by atoms with Crippen molar-refractivity contribution in [3.8, 4) is 23.0 Å². The van der Waals surface area contributed by atoms with Crippen molar-refractivity contribution in [1.82, 2.24) is 0 Å². The number of methoxy groups -OCH3 is 4. The van der Waals surface area contributed by atoms with Crippen LogP contribution in [-0.2, 0) is 0 Å². The first kappa shape index (κ1) is 18.1. The molecule has 0 amide bonds. The van der Waals surface area contributed by atoms with E-state index < -0.39 is 4.92 Å². The van der Waals surface area contributed by atoms with Crippen molar-refractivity contribution in [2.45, 2.75) is 0 Å². The maximum Gasteiger partial charge on any atom is 0.310 e. The van der Waals surface area contributed by atoms with Crippen molar-refractivity contribution in [2.24, 2.45) is 0 Å². The van der Waals surface area contributed by atoms with E-state index in [1.807, 2.05) is 12.2 Å². The van der Waals surface area contributed by atoms with Gasteiger partial charge in [0.15, 0.2) is 17.2 Å². The number of benzene rings is 2. The average molecular weight is 345 g/mol. The molecule has 0 atom stereocenters. The van der Waals surface area contributed by atoms with Crippen LogP contribution in [-0.4, -0.2) is 33.4 Å². The fourth-order valence-electron chi connectivity index (χ4n) is 2.34. The summed E-state index contributed by atoms with van der Waals surface area (Å²) in [6.45, 7) is 0. The average Bonchev–Trinajstić information content (AvgIpc) is 2.64. The highest BCUT2D eigenvalue weighted by atomic mass is 16.6. The molecule has 0 aliphatic rings. The minimum absolute atomic E-state index is 0.0764. The highest BCUT2D eigenvalue weighted by Crippen LogP contribution is 2.38. The van der Waals surface area contributed by atoms with E-state index in [0.29, 0.717) is 17.2 Å². The van der Waals surface area contributed by atoms with Crippen LogP contribution in [0.3, 0.4) is 0 Å². The molecular weight excluding hydrogens is 326 g/mol. The van der Waals surface area contributed by atoms with Gasteiger partial charge in [-0.3, -0.25) is 10.1 Å². The van der Waals surface area contributed by atoms with Crippen LogP contribution >= 0.6 is 0 Å². The summed E-state index contributed by atoms with van der Waals surface area (Å²) < 4.78 is 21.0. The Labute approximate surface area is 145 Å². The lowest BCUT2D eigenvalue weighted by Crippen LogP contribution is -1.95. The lowest BCUT2D eigenvalue weighted by Gasteiger charge is -2.12. The standard InChI is InChI=1S/C18H19NO6/c1-22-15-9-12(7-8-14(15)19(20)21)5-6-13-10-16(23-2)18(25-4)17(11-13)24-3/h5-11H,1-4H3/b6-5-. The first-order valence-corrected chi connectivity index (χ1v) is 7.34. The van der Waals surface area contributed by atoms with Crippen LogP contribution < -0.4 is 18.9 Å². The van der Waals surface area contributed by atoms with Crippen LogP contribution in [0.1, 0.15) is 11.1 Å². The van der Waals surface area contributed by atoms with E-state index in [4.69, 9.17) is 18.9 Å². The minimum atomic E-state index is -0.481. The molecule has 0 fully saturated rings. The second-order valence-corrected chi connectivity index (χ2v) is 4.98. The predicted octanol–water partition coefficient (Wildman–Crippen LogP) is 3.80. The van der Waals surface area contributed by atoms with Gasteiger partial charge in [-0.15, -0.1) is 0 Å². The summed E-state index contributed by atoms with van der Waals surface area (Å²) in [5, 5.41) is 10.9. The molecule has 0 bridgehead atoms. The monoisotopic (exact) mass is 345 g/mol. The molecule has 0 saturated carbocycles. The van der Waals surface area contributed by atoms with Crippen molar-refractivity contribution in [3.05, 3.63) is 51.6 Å². The number of ether oxygens (including phenoxy) is 4. The Morgan fingerprint density at radius 3 is 1.80 bits per heavy atom. The zero-order valence-corrected chi connectivity index (χ0v) is 14.4. The molecule has 25 heavy (non-hydrogen) atoms. The molecule has 7 heteroatoms. The topological polar surface area (TPSA) is 80.1 Å². The van der Waals surface area contributed by atoms with Gasteiger partial charge < -0.3 is 18.9 Å². The molecule has 0 spiro atoms. The summed E-state index contributed by atoms with van der Waals surface area (Å²) in [6, 6.07) is 8.27. The van der Waals surface area contributed by atoms with Gasteiger partial charge >= 0.3 is 5.69 Å². The smallest absolute Gasteiger partial charge is 0.310 e. The van der Waals surface area contributed by atoms with Gasteiger partial charge in [0.1, 0.15) is 0 Å². The normalized spacial score (nSPS) is 10.6. The number of nitro benzene ring substituents is 1. The summed E-state index contributed by atoms with van der Waals surface area (Å²) in [6.07, 6.45) is 3.65. The maximum atomic E-state index is 10.9. The third-order valence-electron chi connectivity index (χ3n) is 3.56. The Morgan fingerprint density at radius 1 is 0.800 bits per heavy atom. The van der Waals surface area contributed by atoms with Crippen molar-refractivity contribution >= 4 is 17.8 Å². The van der Waals surface area contributed by atoms with Crippen LogP contribution in [0.25, 0.3) is 12.2 Å². The van der Waals surface area contributed by atoms with Crippen LogP contribution in [0.4, 0.5) is 5.69 Å². The highest BCUT2D eigenvalue weighted by Gasteiger charge is 2.14. The molecule has 0 aromatic heterocycles. The van der Waals surface area contributed by atoms with Gasteiger partial charge in [0.2, 0.25) is 5.75 Å². The van der Waals surface area contributed by atoms with Gasteiger partial charge in [-0.2, -0.15) is 0 Å². The minimum Gasteiger partial charge on any atom is -0.493 e. The van der Waals surface area contributed by atoms with Gasteiger partial charge in [0.25, 0.3) is 0 Å². The molecule has 0 radical (unpaired) electrons. The molecule has 0 saturated heterocycles. The lowest BCUT2D eigenvalue weighted by molar-refractivity contribution is -0.385. The Morgan fingerprint density at radius 2 is 1.32 bits per heavy atom. The summed E-state index contributed by atoms with van der Waals surface area (Å²) >= 11 is 0. The van der Waals surface area contributed by atoms with Crippen LogP contribution in [0, 0.1) is 10.1 Å². The van der Waals surface area contributed by atoms with Gasteiger partial charge in [-0.05, 0) is 35.4 Å². The van der Waals surface area contributed by atoms with Gasteiger partial charge in [0.05, 0.1) is 33.4 Å². The van der Waals surface area contributed by atoms with E-state index in [9.17, 15) is 10.1 Å². The van der Waals surface area contributed by atoms with E-state index in [1.165, 1.54) is 13.2 Å². The van der Waals surface area contributed by atoms with Crippen molar-refractivity contribution in [1.29, 1.82) is 0 Å². The molecule has 0 aliphatic heterocycles. The molecule has 2 aromatic rings. The first-order valence-electron chi connectivity index (χ1n) is 7.34. The molecule has 7 nitrogen and oxygen atoms in total. The maximum absolute atomic E-state index is 10.9. The highest BCUT2D eigenvalue weighted by molar-refractivity contribution is 5.74. The summed E-state index contributed by atoms with van der Waals surface area (Å²) in [7, 11) is 6.03. The molecule has 0 heterocycles. The molecular formula is C18H19NO6. The quantitative estimate of drug-likeness (QED) is 0.431. The second-order valence-electron chi connectivity index (χ2n) is 4.98. The van der Waals surface area contributed by atoms with Gasteiger partial charge in [0, 0.05) is 6.07 Å². The summed E-state index contributed by atoms with van der Waals surface area (Å²) in [5.41, 5.74) is 1.51. The molecule has 0 N–H and O–H groups in total. The summed E-state index contributed by atoms with van der Waals surface area (Å²) in [4.78, 5) is 10.5. The molecule has 2 aromatic carbocycles. The van der Waals surface area contributed by atoms with Crippen LogP contribution in [0.5, 0.6) is 23.0 Å². The van der Waals surface area contributed by atoms with E-state index >= 15 is 0 Å². The predicted molar refractivity (Wildman–Crippen MR) is 94.7 cm³/mol. The summed E-state index contributed by atoms with van der Waals surface area (Å²) in [5.74, 6) is 1.81. The number of hydrogen-bond donors (Lipinski definition) is 0. The van der Waals surface area contributed by atoms with Crippen LogP contribution in [0.2, 0.25) is 0 Å². The molecule has 0 unspecified atom stereocenters. The number of hydrogen-bond acceptors (Lipinski definition) is 6. The lowest BCUT2D eigenvalue weighted by atomic mass is 10.1. The third kappa shape index (κ3) is 4.00. The Balaban J connectivity index is 2.37. The molecule has 2 rings (SSSR count). The molecule has 132 valence electrons. The SMILES string of the molecule is COc1cc(/C=C\c2cc(OC)c(OC)c(OC)c2)ccc1[N+](=O)[O-]. The van der Waals surface area contributed by atoms with E-state index in [0.717, 1.165) is 11.1 Å². The van der Waals surface area contributed by atoms with Gasteiger partial charge in [-0.25, -0.2) is 0 Å². The zero-order valence-electron chi connectivity index (χ0n) is 14.4. The number of nitro groups is 1. The van der Waals surface area contributed by atoms with E-state index in [2.05, 4.69) is 0 Å². The van der Waals surface area contributed by atoms with Crippen molar-refractivity contribution < 1.29 is 23.9 Å². The van der Waals surface area contributed by atoms with Crippen LogP contribution in [0.15, 0.2) is 30.3 Å². The van der Waals surface area contributed by atoms with E-state index in [-0.39, 0.29) is 11.4 Å². The Kier molecular flexibility index (Phi) is 5.84. The Hall–Kier alpha value is -3.22. The van der Waals surface area contributed by atoms with Crippen molar-refractivity contribution in [3.63, 3.8) is 0 Å². The molecule has 0 aliphatic carbocycles. The first-order chi connectivity index (χ1) is 12.0. The third-order valence-corrected chi connectivity index (χ3v) is 3.56. The number of nitrogens with zero attached hydrogens (tertiary/aromatic N) is 1.